The first-order valence-electron chi connectivity index (χ1n) is 9.40. The third-order valence-corrected chi connectivity index (χ3v) is 5.16. The molecular weight excluding hydrogens is 342 g/mol. The van der Waals surface area contributed by atoms with Crippen LogP contribution in [-0.4, -0.2) is 34.8 Å². The number of phenolic OH excluding ortho intramolecular Hbond substituents is 1. The highest BCUT2D eigenvalue weighted by molar-refractivity contribution is 5.73. The van der Waals surface area contributed by atoms with Gasteiger partial charge in [-0.1, -0.05) is 6.07 Å². The first-order valence-corrected chi connectivity index (χ1v) is 9.40. The van der Waals surface area contributed by atoms with Crippen LogP contribution in [0.15, 0.2) is 18.2 Å². The zero-order chi connectivity index (χ0) is 18.8. The first-order chi connectivity index (χ1) is 13.2. The summed E-state index contributed by atoms with van der Waals surface area (Å²) in [5.74, 6) is 1.70. The molecule has 1 saturated carbocycles. The Kier molecular flexibility index (Phi) is 4.82. The van der Waals surface area contributed by atoms with E-state index in [1.54, 1.807) is 18.2 Å². The van der Waals surface area contributed by atoms with E-state index in [0.717, 1.165) is 25.9 Å². The number of rotatable bonds is 5. The Hall–Kier alpha value is -2.85. The van der Waals surface area contributed by atoms with Gasteiger partial charge in [0.25, 0.3) is 0 Å². The van der Waals surface area contributed by atoms with E-state index in [1.807, 2.05) is 0 Å². The molecule has 2 aromatic rings. The van der Waals surface area contributed by atoms with Crippen LogP contribution in [0.25, 0.3) is 11.4 Å². The molecule has 4 rings (SSSR count). The molecule has 0 spiro atoms. The molecule has 1 aromatic carbocycles. The van der Waals surface area contributed by atoms with E-state index in [9.17, 15) is 10.4 Å². The molecule has 1 saturated heterocycles. The maximum Gasteiger partial charge on any atom is 0.169 e. The van der Waals surface area contributed by atoms with Gasteiger partial charge in [-0.25, -0.2) is 9.97 Å². The fourth-order valence-corrected chi connectivity index (χ4v) is 3.46. The van der Waals surface area contributed by atoms with Gasteiger partial charge in [0.1, 0.15) is 34.5 Å². The molecule has 0 bridgehead atoms. The third-order valence-electron chi connectivity index (χ3n) is 5.16. The molecule has 2 aliphatic rings. The molecule has 27 heavy (non-hydrogen) atoms. The first kappa shape index (κ1) is 17.6. The average Bonchev–Trinajstić information content (AvgIpc) is 3.51. The molecule has 1 aliphatic carbocycles. The Morgan fingerprint density at radius 1 is 1.30 bits per heavy atom. The van der Waals surface area contributed by atoms with Gasteiger partial charge in [0, 0.05) is 12.5 Å². The van der Waals surface area contributed by atoms with Crippen molar-refractivity contribution in [2.45, 2.75) is 31.6 Å². The lowest BCUT2D eigenvalue weighted by atomic mass is 9.93. The highest BCUT2D eigenvalue weighted by atomic mass is 16.5. The van der Waals surface area contributed by atoms with Gasteiger partial charge in [0.05, 0.1) is 12.3 Å². The van der Waals surface area contributed by atoms with Crippen molar-refractivity contribution >= 4 is 5.82 Å². The lowest BCUT2D eigenvalue weighted by Crippen LogP contribution is -2.29. The Labute approximate surface area is 158 Å². The topological polar surface area (TPSA) is 117 Å². The van der Waals surface area contributed by atoms with Gasteiger partial charge in [-0.2, -0.15) is 5.26 Å². The van der Waals surface area contributed by atoms with E-state index in [4.69, 9.17) is 10.5 Å². The number of benzene rings is 1. The minimum atomic E-state index is 0.0418. The number of phenols is 1. The number of nitrogens with two attached hydrogens (primary N) is 1. The predicted octanol–water partition coefficient (Wildman–Crippen LogP) is 2.56. The van der Waals surface area contributed by atoms with Crippen molar-refractivity contribution in [2.24, 2.45) is 5.92 Å². The van der Waals surface area contributed by atoms with Gasteiger partial charge >= 0.3 is 0 Å². The molecule has 1 atom stereocenters. The number of nitrogens with one attached hydrogen (secondary N) is 1. The van der Waals surface area contributed by atoms with Gasteiger partial charge in [-0.15, -0.1) is 0 Å². The fraction of sp³-hybridized carbons (Fsp3) is 0.450. The highest BCUT2D eigenvalue weighted by Crippen LogP contribution is 2.39. The summed E-state index contributed by atoms with van der Waals surface area (Å²) >= 11 is 0. The quantitative estimate of drug-likeness (QED) is 0.745. The summed E-state index contributed by atoms with van der Waals surface area (Å²) in [5, 5.41) is 23.4. The molecule has 4 N–H and O–H groups in total. The minimum absolute atomic E-state index is 0.0418. The van der Waals surface area contributed by atoms with Crippen molar-refractivity contribution in [1.29, 1.82) is 5.26 Å². The molecule has 2 heterocycles. The van der Waals surface area contributed by atoms with Gasteiger partial charge < -0.3 is 20.9 Å². The standard InChI is InChI=1S/C20H23N5O2/c21-9-14-18(13-3-2-8-23-10-13)24-20(25-19(14)22)17-15(26)4-1-5-16(17)27-11-12-6-7-12/h1,4-5,12-13,23,26H,2-3,6-8,10-11H2,(H2,22,24,25). The number of hydrogen-bond acceptors (Lipinski definition) is 7. The number of nitriles is 1. The van der Waals surface area contributed by atoms with E-state index in [1.165, 1.54) is 12.8 Å². The van der Waals surface area contributed by atoms with Crippen LogP contribution in [0, 0.1) is 17.2 Å². The van der Waals surface area contributed by atoms with E-state index in [-0.39, 0.29) is 17.5 Å². The SMILES string of the molecule is N#Cc1c(N)nc(-c2c(O)cccc2OCC2CC2)nc1C1CCCNC1. The Morgan fingerprint density at radius 3 is 2.85 bits per heavy atom. The molecule has 2 fully saturated rings. The number of ether oxygens (including phenoxy) is 1. The maximum atomic E-state index is 10.5. The van der Waals surface area contributed by atoms with Crippen LogP contribution in [0.1, 0.15) is 42.9 Å². The zero-order valence-electron chi connectivity index (χ0n) is 15.1. The van der Waals surface area contributed by atoms with Crippen molar-refractivity contribution in [3.8, 4) is 29.0 Å². The summed E-state index contributed by atoms with van der Waals surface area (Å²) in [4.78, 5) is 8.99. The molecular formula is C20H23N5O2. The maximum absolute atomic E-state index is 10.5. The van der Waals surface area contributed by atoms with Crippen molar-refractivity contribution < 1.29 is 9.84 Å². The fourth-order valence-electron chi connectivity index (χ4n) is 3.46. The summed E-state index contributed by atoms with van der Waals surface area (Å²) < 4.78 is 5.92. The second-order valence-electron chi connectivity index (χ2n) is 7.25. The molecule has 1 aromatic heterocycles. The average molecular weight is 365 g/mol. The van der Waals surface area contributed by atoms with Crippen LogP contribution in [0.3, 0.4) is 0 Å². The molecule has 0 amide bonds. The minimum Gasteiger partial charge on any atom is -0.507 e. The number of aromatic nitrogens is 2. The monoisotopic (exact) mass is 365 g/mol. The van der Waals surface area contributed by atoms with E-state index in [2.05, 4.69) is 21.4 Å². The number of anilines is 1. The zero-order valence-corrected chi connectivity index (χ0v) is 15.1. The van der Waals surface area contributed by atoms with E-state index in [0.29, 0.717) is 40.9 Å². The summed E-state index contributed by atoms with van der Waals surface area (Å²) in [6.07, 6.45) is 4.30. The molecule has 0 radical (unpaired) electrons. The van der Waals surface area contributed by atoms with Gasteiger partial charge in [-0.05, 0) is 50.3 Å². The molecule has 7 nitrogen and oxygen atoms in total. The summed E-state index contributed by atoms with van der Waals surface area (Å²) in [6, 6.07) is 7.27. The Balaban J connectivity index is 1.77. The number of nitrogens with zero attached hydrogens (tertiary/aromatic N) is 3. The van der Waals surface area contributed by atoms with Crippen molar-refractivity contribution in [1.82, 2.24) is 15.3 Å². The van der Waals surface area contributed by atoms with E-state index < -0.39 is 0 Å². The summed E-state index contributed by atoms with van der Waals surface area (Å²) in [7, 11) is 0. The van der Waals surface area contributed by atoms with Gasteiger partial charge in [0.15, 0.2) is 5.82 Å². The van der Waals surface area contributed by atoms with Crippen LogP contribution in [0.5, 0.6) is 11.5 Å². The van der Waals surface area contributed by atoms with Crippen LogP contribution in [-0.2, 0) is 0 Å². The molecule has 1 aliphatic heterocycles. The van der Waals surface area contributed by atoms with Gasteiger partial charge in [0.2, 0.25) is 0 Å². The normalized spacial score (nSPS) is 19.4. The molecule has 1 unspecified atom stereocenters. The van der Waals surface area contributed by atoms with Crippen LogP contribution in [0.4, 0.5) is 5.82 Å². The second kappa shape index (κ2) is 7.41. The lowest BCUT2D eigenvalue weighted by molar-refractivity contribution is 0.299. The Bertz CT molecular complexity index is 883. The van der Waals surface area contributed by atoms with E-state index >= 15 is 0 Å². The summed E-state index contributed by atoms with van der Waals surface area (Å²) in [5.41, 5.74) is 7.49. The van der Waals surface area contributed by atoms with Crippen LogP contribution < -0.4 is 15.8 Å². The number of aromatic hydroxyl groups is 1. The highest BCUT2D eigenvalue weighted by Gasteiger charge is 2.26. The number of nitrogen functional groups attached to an aromatic ring is 1. The number of piperidine rings is 1. The van der Waals surface area contributed by atoms with Crippen LogP contribution >= 0.6 is 0 Å². The smallest absolute Gasteiger partial charge is 0.169 e. The second-order valence-corrected chi connectivity index (χ2v) is 7.25. The largest absolute Gasteiger partial charge is 0.507 e. The molecule has 140 valence electrons. The lowest BCUT2D eigenvalue weighted by Gasteiger charge is -2.24. The van der Waals surface area contributed by atoms with Crippen molar-refractivity contribution in [3.05, 3.63) is 29.5 Å². The predicted molar refractivity (Wildman–Crippen MR) is 101 cm³/mol. The third kappa shape index (κ3) is 3.67. The Morgan fingerprint density at radius 2 is 2.15 bits per heavy atom. The van der Waals surface area contributed by atoms with Crippen LogP contribution in [0.2, 0.25) is 0 Å². The molecule has 7 heteroatoms. The summed E-state index contributed by atoms with van der Waals surface area (Å²) in [6.45, 7) is 2.32. The number of hydrogen-bond donors (Lipinski definition) is 3. The van der Waals surface area contributed by atoms with Crippen molar-refractivity contribution in [2.75, 3.05) is 25.4 Å². The van der Waals surface area contributed by atoms with Gasteiger partial charge in [-0.3, -0.25) is 0 Å². The van der Waals surface area contributed by atoms with Crippen molar-refractivity contribution in [3.63, 3.8) is 0 Å².